The molecule has 0 aromatic heterocycles. The van der Waals surface area contributed by atoms with Crippen LogP contribution in [0.15, 0.2) is 12.7 Å². The van der Waals surface area contributed by atoms with Gasteiger partial charge in [0, 0.05) is 18.6 Å². The lowest BCUT2D eigenvalue weighted by Gasteiger charge is -2.30. The number of carbonyl (C=O) groups excluding carboxylic acids is 1. The highest BCUT2D eigenvalue weighted by molar-refractivity contribution is 5.59. The van der Waals surface area contributed by atoms with Gasteiger partial charge in [-0.3, -0.25) is 0 Å². The Hall–Kier alpha value is -0.630. The van der Waals surface area contributed by atoms with Gasteiger partial charge in [0.25, 0.3) is 0 Å². The Morgan fingerprint density at radius 3 is 2.15 bits per heavy atom. The van der Waals surface area contributed by atoms with Crippen LogP contribution < -0.4 is 0 Å². The number of ether oxygens (including phenoxy) is 1. The van der Waals surface area contributed by atoms with Gasteiger partial charge < -0.3 is 9.53 Å². The predicted molar refractivity (Wildman–Crippen MR) is 54.7 cm³/mol. The van der Waals surface area contributed by atoms with Crippen LogP contribution in [0, 0.1) is 5.41 Å². The second-order valence-corrected chi connectivity index (χ2v) is 3.35. The Bertz CT molecular complexity index is 146. The van der Waals surface area contributed by atoms with E-state index in [1.807, 2.05) is 6.92 Å². The minimum absolute atomic E-state index is 0.0434. The van der Waals surface area contributed by atoms with Crippen molar-refractivity contribution in [3.63, 3.8) is 0 Å². The van der Waals surface area contributed by atoms with Crippen molar-refractivity contribution in [2.75, 3.05) is 13.2 Å². The summed E-state index contributed by atoms with van der Waals surface area (Å²) in [6.45, 7) is 8.83. The maximum absolute atomic E-state index is 10.7. The average Bonchev–Trinajstić information content (AvgIpc) is 2.20. The molecule has 0 atom stereocenters. The molecule has 0 aromatic rings. The van der Waals surface area contributed by atoms with Crippen molar-refractivity contribution < 1.29 is 9.53 Å². The number of allylic oxidation sites excluding steroid dienone is 1. The molecule has 1 fully saturated rings. The second-order valence-electron chi connectivity index (χ2n) is 3.35. The molecule has 0 saturated carbocycles. The highest BCUT2D eigenvalue weighted by Crippen LogP contribution is 2.30. The highest BCUT2D eigenvalue weighted by atomic mass is 16.5. The number of aldehydes is 1. The van der Waals surface area contributed by atoms with E-state index >= 15 is 0 Å². The van der Waals surface area contributed by atoms with Gasteiger partial charge in [-0.1, -0.05) is 13.0 Å². The molecule has 1 aliphatic heterocycles. The summed E-state index contributed by atoms with van der Waals surface area (Å²) in [5.41, 5.74) is -0.0434. The van der Waals surface area contributed by atoms with E-state index in [0.29, 0.717) is 0 Å². The summed E-state index contributed by atoms with van der Waals surface area (Å²) in [6, 6.07) is 0. The van der Waals surface area contributed by atoms with E-state index in [9.17, 15) is 4.79 Å². The topological polar surface area (TPSA) is 26.3 Å². The van der Waals surface area contributed by atoms with E-state index in [4.69, 9.17) is 4.74 Å². The van der Waals surface area contributed by atoms with Crippen LogP contribution in [0.1, 0.15) is 33.1 Å². The molecule has 1 saturated heterocycles. The van der Waals surface area contributed by atoms with E-state index < -0.39 is 0 Å². The fourth-order valence-corrected chi connectivity index (χ4v) is 1.33. The largest absolute Gasteiger partial charge is 0.381 e. The molecule has 2 heteroatoms. The molecule has 0 bridgehead atoms. The van der Waals surface area contributed by atoms with Crippen molar-refractivity contribution in [2.24, 2.45) is 5.41 Å². The monoisotopic (exact) mass is 184 g/mol. The van der Waals surface area contributed by atoms with Crippen LogP contribution in [0.25, 0.3) is 0 Å². The lowest BCUT2D eigenvalue weighted by Crippen LogP contribution is -2.30. The summed E-state index contributed by atoms with van der Waals surface area (Å²) in [5.74, 6) is 0. The Kier molecular flexibility index (Phi) is 6.51. The van der Waals surface area contributed by atoms with Crippen molar-refractivity contribution in [3.05, 3.63) is 12.7 Å². The third-order valence-electron chi connectivity index (χ3n) is 2.44. The molecule has 0 N–H and O–H groups in total. The highest BCUT2D eigenvalue weighted by Gasteiger charge is 2.29. The molecule has 13 heavy (non-hydrogen) atoms. The predicted octanol–water partition coefficient (Wildman–Crippen LogP) is 2.58. The number of hydrogen-bond donors (Lipinski definition) is 0. The molecule has 0 aromatic carbocycles. The van der Waals surface area contributed by atoms with E-state index in [2.05, 4.69) is 13.5 Å². The zero-order valence-corrected chi connectivity index (χ0v) is 8.71. The smallest absolute Gasteiger partial charge is 0.126 e. The molecule has 0 radical (unpaired) electrons. The maximum Gasteiger partial charge on any atom is 0.126 e. The summed E-state index contributed by atoms with van der Waals surface area (Å²) < 4.78 is 5.17. The number of carbonyl (C=O) groups is 1. The molecule has 1 aliphatic rings. The van der Waals surface area contributed by atoms with Crippen LogP contribution in [0.2, 0.25) is 0 Å². The second kappa shape index (κ2) is 6.84. The average molecular weight is 184 g/mol. The standard InChI is InChI=1S/C8H14O2.C3H6/c1-2-8(7-9)3-5-10-6-4-8;1-3-2/h7H,2-6H2,1H3;3H,1H2,2H3. The Labute approximate surface area is 81.0 Å². The van der Waals surface area contributed by atoms with Gasteiger partial charge in [-0.25, -0.2) is 0 Å². The van der Waals surface area contributed by atoms with Gasteiger partial charge in [0.05, 0.1) is 0 Å². The van der Waals surface area contributed by atoms with Gasteiger partial charge in [0.15, 0.2) is 0 Å². The summed E-state index contributed by atoms with van der Waals surface area (Å²) in [7, 11) is 0. The van der Waals surface area contributed by atoms with Gasteiger partial charge in [-0.2, -0.15) is 0 Å². The molecule has 2 nitrogen and oxygen atoms in total. The molecule has 0 unspecified atom stereocenters. The van der Waals surface area contributed by atoms with Crippen molar-refractivity contribution in [2.45, 2.75) is 33.1 Å². The first-order chi connectivity index (χ1) is 6.24. The van der Waals surface area contributed by atoms with Gasteiger partial charge >= 0.3 is 0 Å². The van der Waals surface area contributed by atoms with Crippen LogP contribution in [-0.2, 0) is 9.53 Å². The maximum atomic E-state index is 10.7. The van der Waals surface area contributed by atoms with E-state index in [1.165, 1.54) is 0 Å². The molecule has 0 aliphatic carbocycles. The summed E-state index contributed by atoms with van der Waals surface area (Å²) >= 11 is 0. The van der Waals surface area contributed by atoms with E-state index in [0.717, 1.165) is 38.8 Å². The number of rotatable bonds is 2. The van der Waals surface area contributed by atoms with Crippen LogP contribution in [0.5, 0.6) is 0 Å². The summed E-state index contributed by atoms with van der Waals surface area (Å²) in [6.07, 6.45) is 5.63. The summed E-state index contributed by atoms with van der Waals surface area (Å²) in [4.78, 5) is 10.7. The van der Waals surface area contributed by atoms with Crippen LogP contribution in [0.3, 0.4) is 0 Å². The summed E-state index contributed by atoms with van der Waals surface area (Å²) in [5, 5.41) is 0. The van der Waals surface area contributed by atoms with Crippen molar-refractivity contribution in [3.8, 4) is 0 Å². The Morgan fingerprint density at radius 1 is 1.46 bits per heavy atom. The third kappa shape index (κ3) is 4.23. The van der Waals surface area contributed by atoms with Crippen molar-refractivity contribution in [1.29, 1.82) is 0 Å². The minimum Gasteiger partial charge on any atom is -0.381 e. The molecule has 0 spiro atoms. The van der Waals surface area contributed by atoms with Crippen LogP contribution in [-0.4, -0.2) is 19.5 Å². The van der Waals surface area contributed by atoms with Crippen molar-refractivity contribution in [1.82, 2.24) is 0 Å². The SMILES string of the molecule is C=CC.CCC1(C=O)CCOCC1. The van der Waals surface area contributed by atoms with Crippen molar-refractivity contribution >= 4 is 6.29 Å². The first-order valence-corrected chi connectivity index (χ1v) is 4.86. The van der Waals surface area contributed by atoms with E-state index in [-0.39, 0.29) is 5.41 Å². The molecular weight excluding hydrogens is 164 g/mol. The van der Waals surface area contributed by atoms with Gasteiger partial charge in [0.2, 0.25) is 0 Å². The normalized spacial score (nSPS) is 19.5. The van der Waals surface area contributed by atoms with Gasteiger partial charge in [-0.15, -0.1) is 6.58 Å². The zero-order valence-electron chi connectivity index (χ0n) is 8.71. The van der Waals surface area contributed by atoms with Crippen LogP contribution in [0.4, 0.5) is 0 Å². The third-order valence-corrected chi connectivity index (χ3v) is 2.44. The first-order valence-electron chi connectivity index (χ1n) is 4.86. The lowest BCUT2D eigenvalue weighted by atomic mass is 9.79. The Balaban J connectivity index is 0.000000424. The Morgan fingerprint density at radius 2 is 1.92 bits per heavy atom. The molecular formula is C11H20O2. The van der Waals surface area contributed by atoms with E-state index in [1.54, 1.807) is 6.08 Å². The van der Waals surface area contributed by atoms with Gasteiger partial charge in [0.1, 0.15) is 6.29 Å². The molecule has 1 heterocycles. The fraction of sp³-hybridized carbons (Fsp3) is 0.727. The first kappa shape index (κ1) is 12.4. The lowest BCUT2D eigenvalue weighted by molar-refractivity contribution is -0.121. The zero-order chi connectivity index (χ0) is 10.2. The number of hydrogen-bond acceptors (Lipinski definition) is 2. The minimum atomic E-state index is -0.0434. The molecule has 0 amide bonds. The molecule has 1 rings (SSSR count). The van der Waals surface area contributed by atoms with Crippen LogP contribution >= 0.6 is 0 Å². The van der Waals surface area contributed by atoms with Gasteiger partial charge in [-0.05, 0) is 26.2 Å². The quantitative estimate of drug-likeness (QED) is 0.487. The molecule has 76 valence electrons. The fourth-order valence-electron chi connectivity index (χ4n) is 1.33.